The Kier molecular flexibility index (Phi) is 5.60. The molecule has 0 aliphatic rings. The summed E-state index contributed by atoms with van der Waals surface area (Å²) in [6, 6.07) is 5.54. The highest BCUT2D eigenvalue weighted by Gasteiger charge is 2.19. The fraction of sp³-hybridized carbons (Fsp3) is 0.421. The first-order chi connectivity index (χ1) is 11.8. The Morgan fingerprint density at radius 1 is 1.36 bits per heavy atom. The van der Waals surface area contributed by atoms with E-state index in [-0.39, 0.29) is 23.9 Å². The van der Waals surface area contributed by atoms with Crippen LogP contribution in [0.25, 0.3) is 0 Å². The normalized spacial score (nSPS) is 12.0. The zero-order chi connectivity index (χ0) is 18.7. The Labute approximate surface area is 147 Å². The van der Waals surface area contributed by atoms with E-state index in [2.05, 4.69) is 4.57 Å². The van der Waals surface area contributed by atoms with Crippen LogP contribution in [0.3, 0.4) is 0 Å². The molecule has 0 amide bonds. The van der Waals surface area contributed by atoms with Gasteiger partial charge >= 0.3 is 0 Å². The van der Waals surface area contributed by atoms with Crippen molar-refractivity contribution in [2.24, 2.45) is 0 Å². The molecule has 25 heavy (non-hydrogen) atoms. The van der Waals surface area contributed by atoms with Crippen LogP contribution in [0.4, 0.5) is 0 Å². The standard InChI is InChI=1S/C19H23N3O3/c1-12-6-7-21(19(24)17(12)9-20)10-18(23)16-8-13(2)22(15(16)4)14(3)11-25-5/h6-8,14H,10-11H2,1-5H3/t14-/m1/s1. The summed E-state index contributed by atoms with van der Waals surface area (Å²) in [6.45, 7) is 8.04. The second-order valence-electron chi connectivity index (χ2n) is 6.30. The number of carbonyl (C=O) groups excluding carboxylic acids is 1. The van der Waals surface area contributed by atoms with Crippen LogP contribution in [-0.2, 0) is 11.3 Å². The topological polar surface area (TPSA) is 77.0 Å². The van der Waals surface area contributed by atoms with Gasteiger partial charge < -0.3 is 13.9 Å². The summed E-state index contributed by atoms with van der Waals surface area (Å²) in [6.07, 6.45) is 1.56. The first-order valence-electron chi connectivity index (χ1n) is 8.12. The Hall–Kier alpha value is -2.65. The quantitative estimate of drug-likeness (QED) is 0.757. The van der Waals surface area contributed by atoms with Crippen molar-refractivity contribution < 1.29 is 9.53 Å². The average molecular weight is 341 g/mol. The van der Waals surface area contributed by atoms with Crippen molar-refractivity contribution in [2.45, 2.75) is 40.3 Å². The minimum atomic E-state index is -0.433. The van der Waals surface area contributed by atoms with E-state index in [0.717, 1.165) is 11.4 Å². The first-order valence-corrected chi connectivity index (χ1v) is 8.12. The number of hydrogen-bond acceptors (Lipinski definition) is 4. The maximum atomic E-state index is 12.7. The fourth-order valence-corrected chi connectivity index (χ4v) is 3.22. The van der Waals surface area contributed by atoms with E-state index >= 15 is 0 Å². The molecule has 2 heterocycles. The molecule has 2 aromatic heterocycles. The lowest BCUT2D eigenvalue weighted by Gasteiger charge is -2.17. The molecule has 0 N–H and O–H groups in total. The van der Waals surface area contributed by atoms with Crippen LogP contribution < -0.4 is 5.56 Å². The highest BCUT2D eigenvalue weighted by Crippen LogP contribution is 2.21. The van der Waals surface area contributed by atoms with Gasteiger partial charge in [0.2, 0.25) is 0 Å². The lowest BCUT2D eigenvalue weighted by atomic mass is 10.1. The summed E-state index contributed by atoms with van der Waals surface area (Å²) in [5.74, 6) is -0.154. The van der Waals surface area contributed by atoms with Crippen LogP contribution in [0.2, 0.25) is 0 Å². The minimum absolute atomic E-state index is 0.0782. The molecule has 0 radical (unpaired) electrons. The molecule has 2 rings (SSSR count). The lowest BCUT2D eigenvalue weighted by molar-refractivity contribution is 0.0969. The minimum Gasteiger partial charge on any atom is -0.383 e. The number of Topliss-reactive ketones (excluding diaryl/α,β-unsaturated/α-hetero) is 1. The summed E-state index contributed by atoms with van der Waals surface area (Å²) in [4.78, 5) is 25.0. The maximum absolute atomic E-state index is 12.7. The van der Waals surface area contributed by atoms with E-state index in [1.807, 2.05) is 32.9 Å². The molecule has 0 saturated carbocycles. The third-order valence-electron chi connectivity index (χ3n) is 4.43. The number of nitriles is 1. The van der Waals surface area contributed by atoms with Crippen molar-refractivity contribution in [2.75, 3.05) is 13.7 Å². The number of ketones is 1. The number of hydrogen-bond donors (Lipinski definition) is 0. The van der Waals surface area contributed by atoms with Crippen molar-refractivity contribution in [3.63, 3.8) is 0 Å². The van der Waals surface area contributed by atoms with Crippen LogP contribution in [-0.4, -0.2) is 28.6 Å². The molecule has 0 unspecified atom stereocenters. The molecule has 132 valence electrons. The monoisotopic (exact) mass is 341 g/mol. The summed E-state index contributed by atoms with van der Waals surface area (Å²) >= 11 is 0. The molecule has 0 aliphatic heterocycles. The number of carbonyl (C=O) groups is 1. The van der Waals surface area contributed by atoms with E-state index < -0.39 is 5.56 Å². The zero-order valence-electron chi connectivity index (χ0n) is 15.3. The summed E-state index contributed by atoms with van der Waals surface area (Å²) in [5.41, 5.74) is 2.67. The number of rotatable bonds is 6. The summed E-state index contributed by atoms with van der Waals surface area (Å²) in [5, 5.41) is 9.11. The van der Waals surface area contributed by atoms with E-state index in [1.54, 1.807) is 26.3 Å². The van der Waals surface area contributed by atoms with E-state index in [1.165, 1.54) is 4.57 Å². The molecule has 0 aromatic carbocycles. The van der Waals surface area contributed by atoms with Crippen LogP contribution >= 0.6 is 0 Å². The molecule has 0 spiro atoms. The number of pyridine rings is 1. The van der Waals surface area contributed by atoms with E-state index in [0.29, 0.717) is 17.7 Å². The molecular formula is C19H23N3O3. The Balaban J connectivity index is 2.36. The van der Waals surface area contributed by atoms with Crippen molar-refractivity contribution in [1.29, 1.82) is 5.26 Å². The molecule has 6 nitrogen and oxygen atoms in total. The second-order valence-corrected chi connectivity index (χ2v) is 6.30. The van der Waals surface area contributed by atoms with Crippen molar-refractivity contribution in [1.82, 2.24) is 9.13 Å². The summed E-state index contributed by atoms with van der Waals surface area (Å²) < 4.78 is 8.56. The van der Waals surface area contributed by atoms with Crippen LogP contribution in [0, 0.1) is 32.1 Å². The van der Waals surface area contributed by atoms with Gasteiger partial charge in [0.15, 0.2) is 5.78 Å². The number of ether oxygens (including phenoxy) is 1. The van der Waals surface area contributed by atoms with Gasteiger partial charge in [-0.25, -0.2) is 0 Å². The van der Waals surface area contributed by atoms with Crippen LogP contribution in [0.15, 0.2) is 23.1 Å². The van der Waals surface area contributed by atoms with E-state index in [4.69, 9.17) is 10.00 Å². The molecule has 1 atom stereocenters. The van der Waals surface area contributed by atoms with Gasteiger partial charge in [0.05, 0.1) is 19.2 Å². The Morgan fingerprint density at radius 2 is 2.04 bits per heavy atom. The molecule has 0 fully saturated rings. The van der Waals surface area contributed by atoms with Crippen LogP contribution in [0.5, 0.6) is 0 Å². The molecule has 0 aliphatic carbocycles. The fourth-order valence-electron chi connectivity index (χ4n) is 3.22. The number of aryl methyl sites for hydroxylation is 2. The van der Waals surface area contributed by atoms with Gasteiger partial charge in [-0.05, 0) is 45.4 Å². The Morgan fingerprint density at radius 3 is 2.64 bits per heavy atom. The maximum Gasteiger partial charge on any atom is 0.269 e. The highest BCUT2D eigenvalue weighted by atomic mass is 16.5. The van der Waals surface area contributed by atoms with Gasteiger partial charge in [-0.3, -0.25) is 9.59 Å². The molecule has 0 bridgehead atoms. The van der Waals surface area contributed by atoms with E-state index in [9.17, 15) is 9.59 Å². The van der Waals surface area contributed by atoms with Gasteiger partial charge in [-0.1, -0.05) is 0 Å². The third-order valence-corrected chi connectivity index (χ3v) is 4.43. The number of nitrogens with zero attached hydrogens (tertiary/aromatic N) is 3. The number of aromatic nitrogens is 2. The predicted molar refractivity (Wildman–Crippen MR) is 95.0 cm³/mol. The first kappa shape index (κ1) is 18.7. The third kappa shape index (κ3) is 3.57. The van der Waals surface area contributed by atoms with Crippen molar-refractivity contribution in [3.05, 3.63) is 56.8 Å². The van der Waals surface area contributed by atoms with Crippen LogP contribution in [0.1, 0.15) is 45.8 Å². The number of methoxy groups -OCH3 is 1. The molecular weight excluding hydrogens is 318 g/mol. The molecule has 0 saturated heterocycles. The van der Waals surface area contributed by atoms with Gasteiger partial charge in [0.25, 0.3) is 5.56 Å². The summed E-state index contributed by atoms with van der Waals surface area (Å²) in [7, 11) is 1.65. The van der Waals surface area contributed by atoms with Gasteiger partial charge in [0, 0.05) is 30.3 Å². The SMILES string of the molecule is COC[C@@H](C)n1c(C)cc(C(=O)Cn2ccc(C)c(C#N)c2=O)c1C. The molecule has 2 aromatic rings. The molecule has 6 heteroatoms. The van der Waals surface area contributed by atoms with Gasteiger partial charge in [-0.15, -0.1) is 0 Å². The second kappa shape index (κ2) is 7.49. The highest BCUT2D eigenvalue weighted by molar-refractivity contribution is 5.97. The average Bonchev–Trinajstić information content (AvgIpc) is 2.85. The van der Waals surface area contributed by atoms with Crippen molar-refractivity contribution in [3.8, 4) is 6.07 Å². The van der Waals surface area contributed by atoms with Crippen molar-refractivity contribution >= 4 is 5.78 Å². The van der Waals surface area contributed by atoms with Gasteiger partial charge in [0.1, 0.15) is 11.6 Å². The smallest absolute Gasteiger partial charge is 0.269 e. The predicted octanol–water partition coefficient (Wildman–Crippen LogP) is 2.54. The largest absolute Gasteiger partial charge is 0.383 e. The van der Waals surface area contributed by atoms with Gasteiger partial charge in [-0.2, -0.15) is 5.26 Å². The lowest BCUT2D eigenvalue weighted by Crippen LogP contribution is -2.26. The Bertz CT molecular complexity index is 900. The zero-order valence-corrected chi connectivity index (χ0v) is 15.3.